The smallest absolute Gasteiger partial charge is 0.326 e. The summed E-state index contributed by atoms with van der Waals surface area (Å²) < 4.78 is 10.4. The maximum absolute atomic E-state index is 11.7. The molecule has 0 aromatic heterocycles. The van der Waals surface area contributed by atoms with Crippen molar-refractivity contribution in [2.75, 3.05) is 6.79 Å². The number of carbonyl (C=O) groups excluding carboxylic acids is 1. The van der Waals surface area contributed by atoms with E-state index < -0.39 is 18.0 Å². The molecule has 1 heterocycles. The number of hydrogen-bond donors (Lipinski definition) is 3. The molecule has 1 aromatic carbocycles. The van der Waals surface area contributed by atoms with Crippen molar-refractivity contribution in [3.63, 3.8) is 0 Å². The molecular weight excluding hydrogens is 276 g/mol. The summed E-state index contributed by atoms with van der Waals surface area (Å²) in [5, 5.41) is 13.9. The van der Waals surface area contributed by atoms with E-state index in [1.165, 1.54) is 6.08 Å². The summed E-state index contributed by atoms with van der Waals surface area (Å²) in [6.07, 6.45) is 1.60. The minimum atomic E-state index is -1.10. The number of amides is 2. The number of benzene rings is 1. The Morgan fingerprint density at radius 3 is 2.86 bits per heavy atom. The lowest BCUT2D eigenvalue weighted by Crippen LogP contribution is -2.45. The first-order valence-corrected chi connectivity index (χ1v) is 6.36. The monoisotopic (exact) mass is 292 g/mol. The summed E-state index contributed by atoms with van der Waals surface area (Å²) in [5.41, 5.74) is 0.824. The molecule has 0 spiro atoms. The number of carboxylic acids is 1. The summed E-state index contributed by atoms with van der Waals surface area (Å²) in [7, 11) is 0. The topological polar surface area (TPSA) is 96.9 Å². The van der Waals surface area contributed by atoms with Gasteiger partial charge < -0.3 is 25.2 Å². The van der Waals surface area contributed by atoms with Gasteiger partial charge in [0.1, 0.15) is 6.04 Å². The molecule has 3 N–H and O–H groups in total. The maximum atomic E-state index is 11.7. The zero-order chi connectivity index (χ0) is 15.2. The van der Waals surface area contributed by atoms with E-state index in [0.717, 1.165) is 5.56 Å². The van der Waals surface area contributed by atoms with E-state index in [1.54, 1.807) is 18.2 Å². The first-order valence-electron chi connectivity index (χ1n) is 6.36. The Labute approximate surface area is 121 Å². The number of carboxylic acid groups (broad SMARTS) is 1. The number of fused-ring (bicyclic) bond motifs is 1. The molecule has 0 fully saturated rings. The second kappa shape index (κ2) is 6.65. The molecule has 1 aliphatic heterocycles. The Hall–Kier alpha value is -2.70. The Morgan fingerprint density at radius 2 is 2.14 bits per heavy atom. The second-order valence-corrected chi connectivity index (χ2v) is 4.43. The third kappa shape index (κ3) is 3.88. The predicted octanol–water partition coefficient (Wildman–Crippen LogP) is 1.24. The lowest BCUT2D eigenvalue weighted by Gasteiger charge is -2.13. The zero-order valence-corrected chi connectivity index (χ0v) is 11.3. The molecule has 2 amide bonds. The molecule has 1 unspecified atom stereocenters. The SMILES string of the molecule is C=CCC(NC(=O)NCc1ccc2c(c1)OCO2)C(=O)O. The van der Waals surface area contributed by atoms with E-state index in [1.807, 2.05) is 0 Å². The highest BCUT2D eigenvalue weighted by Gasteiger charge is 2.18. The van der Waals surface area contributed by atoms with Crippen molar-refractivity contribution in [3.8, 4) is 11.5 Å². The van der Waals surface area contributed by atoms with Crippen LogP contribution in [0.25, 0.3) is 0 Å². The van der Waals surface area contributed by atoms with Gasteiger partial charge in [0.15, 0.2) is 11.5 Å². The fourth-order valence-electron chi connectivity index (χ4n) is 1.83. The molecule has 7 heteroatoms. The van der Waals surface area contributed by atoms with E-state index in [9.17, 15) is 9.59 Å². The van der Waals surface area contributed by atoms with Crippen LogP contribution < -0.4 is 20.1 Å². The summed E-state index contributed by atoms with van der Waals surface area (Å²) in [6.45, 7) is 3.90. The quantitative estimate of drug-likeness (QED) is 0.685. The Morgan fingerprint density at radius 1 is 1.38 bits per heavy atom. The van der Waals surface area contributed by atoms with Crippen LogP contribution in [-0.4, -0.2) is 29.9 Å². The van der Waals surface area contributed by atoms with Crippen LogP contribution in [0.3, 0.4) is 0 Å². The molecular formula is C14H16N2O5. The van der Waals surface area contributed by atoms with E-state index in [-0.39, 0.29) is 19.8 Å². The third-order valence-electron chi connectivity index (χ3n) is 2.90. The largest absolute Gasteiger partial charge is 0.480 e. The van der Waals surface area contributed by atoms with Gasteiger partial charge in [0.2, 0.25) is 6.79 Å². The standard InChI is InChI=1S/C14H16N2O5/c1-2-3-10(13(17)18)16-14(19)15-7-9-4-5-11-12(6-9)21-8-20-11/h2,4-6,10H,1,3,7-8H2,(H,17,18)(H2,15,16,19). The lowest BCUT2D eigenvalue weighted by molar-refractivity contribution is -0.139. The lowest BCUT2D eigenvalue weighted by atomic mass is 10.2. The molecule has 0 radical (unpaired) electrons. The molecule has 0 aliphatic carbocycles. The average Bonchev–Trinajstić information content (AvgIpc) is 2.92. The summed E-state index contributed by atoms with van der Waals surface area (Å²) in [6, 6.07) is 3.78. The van der Waals surface area contributed by atoms with Crippen LogP contribution in [-0.2, 0) is 11.3 Å². The molecule has 112 valence electrons. The first kappa shape index (κ1) is 14.7. The van der Waals surface area contributed by atoms with Gasteiger partial charge >= 0.3 is 12.0 Å². The Kier molecular flexibility index (Phi) is 4.65. The van der Waals surface area contributed by atoms with E-state index in [0.29, 0.717) is 11.5 Å². The molecule has 21 heavy (non-hydrogen) atoms. The maximum Gasteiger partial charge on any atom is 0.326 e. The normalized spacial score (nSPS) is 13.3. The van der Waals surface area contributed by atoms with Crippen molar-refractivity contribution in [3.05, 3.63) is 36.4 Å². The molecule has 0 saturated carbocycles. The van der Waals surface area contributed by atoms with Crippen molar-refractivity contribution < 1.29 is 24.2 Å². The highest BCUT2D eigenvalue weighted by atomic mass is 16.7. The van der Waals surface area contributed by atoms with Crippen LogP contribution in [0.1, 0.15) is 12.0 Å². The van der Waals surface area contributed by atoms with Crippen LogP contribution in [0.4, 0.5) is 4.79 Å². The van der Waals surface area contributed by atoms with Gasteiger partial charge in [-0.1, -0.05) is 12.1 Å². The van der Waals surface area contributed by atoms with Gasteiger partial charge in [0.05, 0.1) is 0 Å². The molecule has 2 rings (SSSR count). The number of carbonyl (C=O) groups is 2. The van der Waals surface area contributed by atoms with E-state index in [4.69, 9.17) is 14.6 Å². The molecule has 1 aromatic rings. The van der Waals surface area contributed by atoms with Crippen molar-refractivity contribution in [2.24, 2.45) is 0 Å². The molecule has 1 aliphatic rings. The van der Waals surface area contributed by atoms with Crippen molar-refractivity contribution in [2.45, 2.75) is 19.0 Å². The number of nitrogens with one attached hydrogen (secondary N) is 2. The zero-order valence-electron chi connectivity index (χ0n) is 11.3. The summed E-state index contributed by atoms with van der Waals surface area (Å²) in [4.78, 5) is 22.6. The van der Waals surface area contributed by atoms with Crippen LogP contribution in [0.15, 0.2) is 30.9 Å². The summed E-state index contributed by atoms with van der Waals surface area (Å²) >= 11 is 0. The van der Waals surface area contributed by atoms with Gasteiger partial charge in [0, 0.05) is 6.54 Å². The van der Waals surface area contributed by atoms with Crippen molar-refractivity contribution in [1.29, 1.82) is 0 Å². The average molecular weight is 292 g/mol. The van der Waals surface area contributed by atoms with Crippen LogP contribution >= 0.6 is 0 Å². The fraction of sp³-hybridized carbons (Fsp3) is 0.286. The van der Waals surface area contributed by atoms with Crippen molar-refractivity contribution >= 4 is 12.0 Å². The van der Waals surface area contributed by atoms with E-state index in [2.05, 4.69) is 17.2 Å². The summed E-state index contributed by atoms with van der Waals surface area (Å²) in [5.74, 6) is 0.193. The molecule has 7 nitrogen and oxygen atoms in total. The van der Waals surface area contributed by atoms with E-state index >= 15 is 0 Å². The number of hydrogen-bond acceptors (Lipinski definition) is 4. The third-order valence-corrected chi connectivity index (χ3v) is 2.90. The number of aliphatic carboxylic acids is 1. The molecule has 1 atom stereocenters. The molecule has 0 bridgehead atoms. The molecule has 0 saturated heterocycles. The van der Waals surface area contributed by atoms with Gasteiger partial charge in [-0.3, -0.25) is 0 Å². The second-order valence-electron chi connectivity index (χ2n) is 4.43. The Bertz CT molecular complexity index is 558. The van der Waals surface area contributed by atoms with Gasteiger partial charge in [-0.05, 0) is 24.1 Å². The highest BCUT2D eigenvalue weighted by Crippen LogP contribution is 2.32. The minimum absolute atomic E-state index is 0.160. The number of rotatable bonds is 6. The predicted molar refractivity (Wildman–Crippen MR) is 74.2 cm³/mol. The van der Waals surface area contributed by atoms with Crippen molar-refractivity contribution in [1.82, 2.24) is 10.6 Å². The minimum Gasteiger partial charge on any atom is -0.480 e. The van der Waals surface area contributed by atoms with Gasteiger partial charge in [0.25, 0.3) is 0 Å². The Balaban J connectivity index is 1.86. The van der Waals surface area contributed by atoms with Crippen LogP contribution in [0.2, 0.25) is 0 Å². The van der Waals surface area contributed by atoms with Crippen LogP contribution in [0, 0.1) is 0 Å². The van der Waals surface area contributed by atoms with Gasteiger partial charge in [-0.2, -0.15) is 0 Å². The van der Waals surface area contributed by atoms with Gasteiger partial charge in [-0.25, -0.2) is 9.59 Å². The van der Waals surface area contributed by atoms with Gasteiger partial charge in [-0.15, -0.1) is 6.58 Å². The van der Waals surface area contributed by atoms with Crippen LogP contribution in [0.5, 0.6) is 11.5 Å². The first-order chi connectivity index (χ1) is 10.1. The number of urea groups is 1. The fourth-order valence-corrected chi connectivity index (χ4v) is 1.83. The highest BCUT2D eigenvalue weighted by molar-refractivity contribution is 5.82. The number of ether oxygens (including phenoxy) is 2.